The van der Waals surface area contributed by atoms with Gasteiger partial charge in [-0.15, -0.1) is 36.9 Å². The minimum Gasteiger partial charge on any atom is -0.406 e. The number of hydrogen-bond donors (Lipinski definition) is 1. The first-order valence-corrected chi connectivity index (χ1v) is 8.67. The molecule has 0 bridgehead atoms. The number of piperazine rings is 1. The van der Waals surface area contributed by atoms with Crippen LogP contribution in [-0.4, -0.2) is 37.4 Å². The van der Waals surface area contributed by atoms with Gasteiger partial charge in [-0.3, -0.25) is 4.90 Å². The number of benzene rings is 1. The van der Waals surface area contributed by atoms with Gasteiger partial charge in [-0.1, -0.05) is 23.7 Å². The van der Waals surface area contributed by atoms with Crippen molar-refractivity contribution < 1.29 is 17.9 Å². The van der Waals surface area contributed by atoms with Crippen molar-refractivity contribution in [3.05, 3.63) is 51.2 Å². The average Bonchev–Trinajstić information content (AvgIpc) is 2.95. The van der Waals surface area contributed by atoms with Crippen LogP contribution >= 0.6 is 35.3 Å². The number of alkyl halides is 3. The summed E-state index contributed by atoms with van der Waals surface area (Å²) in [6.07, 6.45) is -4.68. The second kappa shape index (κ2) is 8.60. The van der Waals surface area contributed by atoms with E-state index in [1.54, 1.807) is 12.1 Å². The normalized spacial score (nSPS) is 17.0. The largest absolute Gasteiger partial charge is 0.573 e. The van der Waals surface area contributed by atoms with E-state index in [4.69, 9.17) is 11.6 Å². The number of ether oxygens (including phenoxy) is 1. The van der Waals surface area contributed by atoms with E-state index in [2.05, 4.69) is 15.0 Å². The summed E-state index contributed by atoms with van der Waals surface area (Å²) in [6.45, 7) is 3.48. The number of nitrogens with one attached hydrogen (secondary N) is 1. The average molecular weight is 413 g/mol. The highest BCUT2D eigenvalue weighted by atomic mass is 35.5. The molecule has 0 unspecified atom stereocenters. The highest BCUT2D eigenvalue weighted by molar-refractivity contribution is 7.16. The maximum Gasteiger partial charge on any atom is 0.573 e. The molecule has 9 heteroatoms. The van der Waals surface area contributed by atoms with Crippen LogP contribution < -0.4 is 10.1 Å². The Bertz CT molecular complexity index is 673. The van der Waals surface area contributed by atoms with E-state index >= 15 is 0 Å². The first-order chi connectivity index (χ1) is 11.4. The van der Waals surface area contributed by atoms with Crippen molar-refractivity contribution in [1.82, 2.24) is 10.2 Å². The van der Waals surface area contributed by atoms with E-state index in [-0.39, 0.29) is 24.2 Å². The molecule has 3 rings (SSSR count). The van der Waals surface area contributed by atoms with Gasteiger partial charge in [0, 0.05) is 31.1 Å². The third-order valence-corrected chi connectivity index (χ3v) is 5.09. The lowest BCUT2D eigenvalue weighted by atomic mass is 10.0. The minimum atomic E-state index is -4.68. The highest BCUT2D eigenvalue weighted by Gasteiger charge is 2.31. The SMILES string of the molecule is Cl.FC(F)(F)Oc1ccc([C@H](c2ccc(Cl)s2)N2CCNCC2)cc1. The molecular weight excluding hydrogens is 396 g/mol. The van der Waals surface area contributed by atoms with Crippen molar-refractivity contribution in [2.24, 2.45) is 0 Å². The smallest absolute Gasteiger partial charge is 0.406 e. The fraction of sp³-hybridized carbons (Fsp3) is 0.375. The Morgan fingerprint density at radius 3 is 2.24 bits per heavy atom. The first kappa shape index (κ1) is 20.3. The van der Waals surface area contributed by atoms with Gasteiger partial charge in [0.2, 0.25) is 0 Å². The van der Waals surface area contributed by atoms with Gasteiger partial charge >= 0.3 is 6.36 Å². The summed E-state index contributed by atoms with van der Waals surface area (Å²) in [7, 11) is 0. The van der Waals surface area contributed by atoms with Gasteiger partial charge in [-0.25, -0.2) is 0 Å². The van der Waals surface area contributed by atoms with Crippen molar-refractivity contribution in [2.75, 3.05) is 26.2 Å². The third kappa shape index (κ3) is 5.49. The van der Waals surface area contributed by atoms with Gasteiger partial charge in [0.25, 0.3) is 0 Å². The Kier molecular flexibility index (Phi) is 6.99. The van der Waals surface area contributed by atoms with Gasteiger partial charge in [0.1, 0.15) is 5.75 Å². The second-order valence-electron chi connectivity index (χ2n) is 5.45. The van der Waals surface area contributed by atoms with Crippen molar-refractivity contribution >= 4 is 35.3 Å². The van der Waals surface area contributed by atoms with Gasteiger partial charge in [-0.05, 0) is 29.8 Å². The van der Waals surface area contributed by atoms with Crippen LogP contribution in [-0.2, 0) is 0 Å². The van der Waals surface area contributed by atoms with Crippen molar-refractivity contribution in [1.29, 1.82) is 0 Å². The second-order valence-corrected chi connectivity index (χ2v) is 7.19. The zero-order valence-corrected chi connectivity index (χ0v) is 15.4. The van der Waals surface area contributed by atoms with E-state index in [0.29, 0.717) is 4.34 Å². The Hall–Kier alpha value is -0.990. The molecule has 25 heavy (non-hydrogen) atoms. The topological polar surface area (TPSA) is 24.5 Å². The molecule has 1 aromatic heterocycles. The van der Waals surface area contributed by atoms with Crippen molar-refractivity contribution in [3.63, 3.8) is 0 Å². The zero-order chi connectivity index (χ0) is 17.2. The lowest BCUT2D eigenvalue weighted by Crippen LogP contribution is -2.45. The van der Waals surface area contributed by atoms with Crippen LogP contribution in [0.4, 0.5) is 13.2 Å². The summed E-state index contributed by atoms with van der Waals surface area (Å²) < 4.78 is 41.6. The molecule has 1 N–H and O–H groups in total. The molecule has 1 aromatic carbocycles. The summed E-state index contributed by atoms with van der Waals surface area (Å²) in [5.74, 6) is -0.213. The van der Waals surface area contributed by atoms with Gasteiger partial charge in [-0.2, -0.15) is 0 Å². The fourth-order valence-corrected chi connectivity index (χ4v) is 4.05. The lowest BCUT2D eigenvalue weighted by Gasteiger charge is -2.34. The Balaban J connectivity index is 0.00000225. The fourth-order valence-electron chi connectivity index (χ4n) is 2.82. The third-order valence-electron chi connectivity index (χ3n) is 3.81. The Morgan fingerprint density at radius 1 is 1.08 bits per heavy atom. The molecule has 1 saturated heterocycles. The molecule has 1 atom stereocenters. The molecule has 2 aromatic rings. The summed E-state index contributed by atoms with van der Waals surface area (Å²) in [4.78, 5) is 3.38. The monoisotopic (exact) mass is 412 g/mol. The van der Waals surface area contributed by atoms with Crippen LogP contribution in [0.15, 0.2) is 36.4 Å². The maximum absolute atomic E-state index is 12.3. The molecule has 1 aliphatic heterocycles. The quantitative estimate of drug-likeness (QED) is 0.786. The Labute approximate surface area is 159 Å². The number of rotatable bonds is 4. The van der Waals surface area contributed by atoms with E-state index in [1.807, 2.05) is 12.1 Å². The minimum absolute atomic E-state index is 0. The van der Waals surface area contributed by atoms with Gasteiger partial charge < -0.3 is 10.1 Å². The number of halogens is 5. The molecule has 2 heterocycles. The van der Waals surface area contributed by atoms with Crippen molar-refractivity contribution in [3.8, 4) is 5.75 Å². The number of hydrogen-bond acceptors (Lipinski definition) is 4. The molecule has 1 fully saturated rings. The molecule has 138 valence electrons. The van der Waals surface area contributed by atoms with E-state index < -0.39 is 6.36 Å². The van der Waals surface area contributed by atoms with Crippen LogP contribution in [0, 0.1) is 0 Å². The predicted octanol–water partition coefficient (Wildman–Crippen LogP) is 4.72. The number of nitrogens with zero attached hydrogens (tertiary/aromatic N) is 1. The van der Waals surface area contributed by atoms with Crippen LogP contribution in [0.3, 0.4) is 0 Å². The van der Waals surface area contributed by atoms with Crippen LogP contribution in [0.2, 0.25) is 4.34 Å². The molecule has 3 nitrogen and oxygen atoms in total. The van der Waals surface area contributed by atoms with E-state index in [1.165, 1.54) is 23.5 Å². The zero-order valence-electron chi connectivity index (χ0n) is 13.1. The van der Waals surface area contributed by atoms with E-state index in [9.17, 15) is 13.2 Å². The molecule has 0 spiro atoms. The molecular formula is C16H17Cl2F3N2OS. The summed E-state index contributed by atoms with van der Waals surface area (Å²) in [5.41, 5.74) is 0.921. The molecule has 1 aliphatic rings. The summed E-state index contributed by atoms with van der Waals surface area (Å²) >= 11 is 7.56. The number of thiophene rings is 1. The molecule has 0 saturated carbocycles. The van der Waals surface area contributed by atoms with E-state index in [0.717, 1.165) is 36.6 Å². The van der Waals surface area contributed by atoms with Crippen LogP contribution in [0.25, 0.3) is 0 Å². The molecule has 0 aliphatic carbocycles. The summed E-state index contributed by atoms with van der Waals surface area (Å²) in [5, 5.41) is 3.30. The van der Waals surface area contributed by atoms with Gasteiger partial charge in [0.15, 0.2) is 0 Å². The molecule has 0 radical (unpaired) electrons. The standard InChI is InChI=1S/C16H16ClF3N2OS.ClH/c17-14-6-5-13(24-14)15(22-9-7-21-8-10-22)11-1-3-12(4-2-11)23-16(18,19)20;/h1-6,15,21H,7-10H2;1H/t15-;/m1./s1. The van der Waals surface area contributed by atoms with Crippen LogP contribution in [0.1, 0.15) is 16.5 Å². The van der Waals surface area contributed by atoms with Crippen molar-refractivity contribution in [2.45, 2.75) is 12.4 Å². The summed E-state index contributed by atoms with van der Waals surface area (Å²) in [6, 6.07) is 9.87. The Morgan fingerprint density at radius 2 is 1.72 bits per heavy atom. The molecule has 0 amide bonds. The van der Waals surface area contributed by atoms with Gasteiger partial charge in [0.05, 0.1) is 10.4 Å². The lowest BCUT2D eigenvalue weighted by molar-refractivity contribution is -0.274. The van der Waals surface area contributed by atoms with Crippen LogP contribution in [0.5, 0.6) is 5.75 Å². The first-order valence-electron chi connectivity index (χ1n) is 7.48. The predicted molar refractivity (Wildman–Crippen MR) is 96.0 cm³/mol. The highest BCUT2D eigenvalue weighted by Crippen LogP contribution is 2.36. The maximum atomic E-state index is 12.3.